The summed E-state index contributed by atoms with van der Waals surface area (Å²) in [6, 6.07) is 11.8. The van der Waals surface area contributed by atoms with Crippen LogP contribution in [0, 0.1) is 0 Å². The van der Waals surface area contributed by atoms with E-state index in [0.717, 1.165) is 5.56 Å². The number of ether oxygens (including phenoxy) is 1. The maximum Gasteiger partial charge on any atom is 0.337 e. The van der Waals surface area contributed by atoms with E-state index in [-0.39, 0.29) is 5.56 Å². The molecule has 0 radical (unpaired) electrons. The molecule has 1 aromatic heterocycles. The van der Waals surface area contributed by atoms with Crippen LogP contribution in [0.2, 0.25) is 0 Å². The van der Waals surface area contributed by atoms with Gasteiger partial charge >= 0.3 is 5.97 Å². The molecule has 2 aromatic rings. The second-order valence-electron chi connectivity index (χ2n) is 3.50. The van der Waals surface area contributed by atoms with Gasteiger partial charge in [-0.15, -0.1) is 0 Å². The van der Waals surface area contributed by atoms with Crippen molar-refractivity contribution in [2.45, 2.75) is 0 Å². The minimum Gasteiger partial charge on any atom is -0.465 e. The first-order valence-corrected chi connectivity index (χ1v) is 5.09. The van der Waals surface area contributed by atoms with Crippen molar-refractivity contribution in [1.29, 1.82) is 0 Å². The van der Waals surface area contributed by atoms with E-state index in [2.05, 4.69) is 9.72 Å². The van der Waals surface area contributed by atoms with Crippen molar-refractivity contribution < 1.29 is 9.53 Å². The average molecular weight is 229 g/mol. The Labute approximate surface area is 97.9 Å². The summed E-state index contributed by atoms with van der Waals surface area (Å²) in [7, 11) is 1.33. The van der Waals surface area contributed by atoms with Crippen LogP contribution in [0.1, 0.15) is 10.4 Å². The number of carbonyl (C=O) groups excluding carboxylic acids is 1. The number of H-pyrrole nitrogens is 1. The van der Waals surface area contributed by atoms with Crippen molar-refractivity contribution in [3.63, 3.8) is 0 Å². The zero-order valence-corrected chi connectivity index (χ0v) is 9.27. The predicted octanol–water partition coefficient (Wildman–Crippen LogP) is 1.83. The number of pyridine rings is 1. The number of rotatable bonds is 2. The Hall–Kier alpha value is -2.36. The van der Waals surface area contributed by atoms with Gasteiger partial charge in [-0.25, -0.2) is 4.79 Å². The van der Waals surface area contributed by atoms with Gasteiger partial charge in [0.05, 0.1) is 12.7 Å². The van der Waals surface area contributed by atoms with Crippen molar-refractivity contribution >= 4 is 5.97 Å². The van der Waals surface area contributed by atoms with E-state index in [1.165, 1.54) is 13.2 Å². The highest BCUT2D eigenvalue weighted by Crippen LogP contribution is 2.17. The van der Waals surface area contributed by atoms with E-state index in [0.29, 0.717) is 11.3 Å². The zero-order chi connectivity index (χ0) is 12.3. The van der Waals surface area contributed by atoms with Crippen molar-refractivity contribution in [2.24, 2.45) is 0 Å². The summed E-state index contributed by atoms with van der Waals surface area (Å²) in [6.07, 6.45) is 0. The Bertz CT molecular complexity index is 601. The summed E-state index contributed by atoms with van der Waals surface area (Å²) >= 11 is 0. The van der Waals surface area contributed by atoms with Gasteiger partial charge in [0.1, 0.15) is 0 Å². The third kappa shape index (κ3) is 2.42. The zero-order valence-electron chi connectivity index (χ0n) is 9.27. The minimum atomic E-state index is -0.398. The highest BCUT2D eigenvalue weighted by atomic mass is 16.5. The Morgan fingerprint density at radius 2 is 1.94 bits per heavy atom. The maximum atomic E-state index is 11.4. The topological polar surface area (TPSA) is 59.2 Å². The fraction of sp³-hybridized carbons (Fsp3) is 0.0769. The van der Waals surface area contributed by atoms with Crippen LogP contribution < -0.4 is 5.56 Å². The molecule has 4 heteroatoms. The molecule has 2 rings (SSSR count). The molecule has 0 aliphatic heterocycles. The lowest BCUT2D eigenvalue weighted by Gasteiger charge is -2.03. The molecule has 0 saturated heterocycles. The number of aromatic amines is 1. The number of methoxy groups -OCH3 is 1. The van der Waals surface area contributed by atoms with Gasteiger partial charge in [0.15, 0.2) is 0 Å². The quantitative estimate of drug-likeness (QED) is 0.799. The first-order valence-electron chi connectivity index (χ1n) is 5.09. The largest absolute Gasteiger partial charge is 0.465 e. The van der Waals surface area contributed by atoms with Gasteiger partial charge in [-0.2, -0.15) is 0 Å². The summed E-state index contributed by atoms with van der Waals surface area (Å²) in [5.41, 5.74) is 1.72. The third-order valence-corrected chi connectivity index (χ3v) is 2.36. The van der Waals surface area contributed by atoms with E-state index >= 15 is 0 Å². The van der Waals surface area contributed by atoms with Crippen LogP contribution in [-0.4, -0.2) is 18.1 Å². The van der Waals surface area contributed by atoms with Crippen LogP contribution in [0.5, 0.6) is 0 Å². The fourth-order valence-corrected chi connectivity index (χ4v) is 1.55. The standard InChI is InChI=1S/C13H11NO3/c1-17-13(16)10-5-2-4-9(8-10)11-6-3-7-12(15)14-11/h2-8H,1H3,(H,14,15). The van der Waals surface area contributed by atoms with Gasteiger partial charge in [-0.1, -0.05) is 18.2 Å². The summed E-state index contributed by atoms with van der Waals surface area (Å²) in [5, 5.41) is 0. The van der Waals surface area contributed by atoms with Crippen LogP contribution >= 0.6 is 0 Å². The Balaban J connectivity index is 2.46. The van der Waals surface area contributed by atoms with Crippen LogP contribution in [0.3, 0.4) is 0 Å². The molecule has 0 atom stereocenters. The van der Waals surface area contributed by atoms with Gasteiger partial charge in [-0.05, 0) is 23.8 Å². The molecule has 1 aromatic carbocycles. The molecule has 0 bridgehead atoms. The Kier molecular flexibility index (Phi) is 3.05. The van der Waals surface area contributed by atoms with Crippen molar-refractivity contribution in [3.05, 3.63) is 58.4 Å². The van der Waals surface area contributed by atoms with E-state index in [1.807, 2.05) is 6.07 Å². The molecule has 0 fully saturated rings. The first kappa shape index (κ1) is 11.1. The highest BCUT2D eigenvalue weighted by molar-refractivity contribution is 5.90. The van der Waals surface area contributed by atoms with Crippen LogP contribution in [0.15, 0.2) is 47.3 Å². The lowest BCUT2D eigenvalue weighted by Crippen LogP contribution is -2.04. The second kappa shape index (κ2) is 4.65. The normalized spacial score (nSPS) is 9.94. The van der Waals surface area contributed by atoms with E-state index in [4.69, 9.17) is 0 Å². The fourth-order valence-electron chi connectivity index (χ4n) is 1.55. The summed E-state index contributed by atoms with van der Waals surface area (Å²) in [5.74, 6) is -0.398. The summed E-state index contributed by atoms with van der Waals surface area (Å²) < 4.78 is 4.64. The van der Waals surface area contributed by atoms with E-state index < -0.39 is 5.97 Å². The molecule has 0 saturated carbocycles. The van der Waals surface area contributed by atoms with Crippen LogP contribution in [0.25, 0.3) is 11.3 Å². The van der Waals surface area contributed by atoms with Gasteiger partial charge < -0.3 is 9.72 Å². The molecular formula is C13H11NO3. The third-order valence-electron chi connectivity index (χ3n) is 2.36. The van der Waals surface area contributed by atoms with Gasteiger partial charge in [0, 0.05) is 11.8 Å². The minimum absolute atomic E-state index is 0.175. The molecule has 86 valence electrons. The molecule has 4 nitrogen and oxygen atoms in total. The molecule has 17 heavy (non-hydrogen) atoms. The smallest absolute Gasteiger partial charge is 0.337 e. The molecule has 0 aliphatic rings. The lowest BCUT2D eigenvalue weighted by atomic mass is 10.1. The van der Waals surface area contributed by atoms with Crippen LogP contribution in [-0.2, 0) is 4.74 Å². The number of esters is 1. The van der Waals surface area contributed by atoms with Crippen molar-refractivity contribution in [2.75, 3.05) is 7.11 Å². The molecule has 0 spiro atoms. The molecule has 1 heterocycles. The number of hydrogen-bond acceptors (Lipinski definition) is 3. The Morgan fingerprint density at radius 3 is 2.65 bits per heavy atom. The van der Waals surface area contributed by atoms with E-state index in [1.54, 1.807) is 30.3 Å². The summed E-state index contributed by atoms with van der Waals surface area (Å²) in [6.45, 7) is 0. The van der Waals surface area contributed by atoms with Crippen LogP contribution in [0.4, 0.5) is 0 Å². The van der Waals surface area contributed by atoms with Crippen molar-refractivity contribution in [3.8, 4) is 11.3 Å². The van der Waals surface area contributed by atoms with E-state index in [9.17, 15) is 9.59 Å². The second-order valence-corrected chi connectivity index (χ2v) is 3.50. The number of benzene rings is 1. The number of aromatic nitrogens is 1. The highest BCUT2D eigenvalue weighted by Gasteiger charge is 2.06. The SMILES string of the molecule is COC(=O)c1cccc(-c2cccc(=O)[nH]2)c1. The molecule has 0 amide bonds. The van der Waals surface area contributed by atoms with Gasteiger partial charge in [-0.3, -0.25) is 4.79 Å². The maximum absolute atomic E-state index is 11.4. The van der Waals surface area contributed by atoms with Gasteiger partial charge in [0.2, 0.25) is 5.56 Å². The number of hydrogen-bond donors (Lipinski definition) is 1. The number of carbonyl (C=O) groups is 1. The monoisotopic (exact) mass is 229 g/mol. The van der Waals surface area contributed by atoms with Crippen molar-refractivity contribution in [1.82, 2.24) is 4.98 Å². The molecular weight excluding hydrogens is 218 g/mol. The molecule has 0 aliphatic carbocycles. The summed E-state index contributed by atoms with van der Waals surface area (Å²) in [4.78, 5) is 25.3. The lowest BCUT2D eigenvalue weighted by molar-refractivity contribution is 0.0601. The molecule has 0 unspecified atom stereocenters. The van der Waals surface area contributed by atoms with Gasteiger partial charge in [0.25, 0.3) is 0 Å². The predicted molar refractivity (Wildman–Crippen MR) is 63.8 cm³/mol. The Morgan fingerprint density at radius 1 is 1.18 bits per heavy atom. The molecule has 1 N–H and O–H groups in total. The first-order chi connectivity index (χ1) is 8.20. The average Bonchev–Trinajstić information content (AvgIpc) is 2.38. The number of nitrogens with one attached hydrogen (secondary N) is 1.